The quantitative estimate of drug-likeness (QED) is 0.812. The molecule has 0 saturated carbocycles. The van der Waals surface area contributed by atoms with E-state index < -0.39 is 0 Å². The average Bonchev–Trinajstić information content (AvgIpc) is 2.51. The Hall–Kier alpha value is -1.35. The van der Waals surface area contributed by atoms with Crippen molar-refractivity contribution in [3.63, 3.8) is 0 Å². The highest BCUT2D eigenvalue weighted by Gasteiger charge is 2.11. The van der Waals surface area contributed by atoms with Gasteiger partial charge in [0.1, 0.15) is 0 Å². The number of ketones is 1. The number of aromatic nitrogens is 1. The summed E-state index contributed by atoms with van der Waals surface area (Å²) in [6, 6.07) is 1.78. The minimum atomic E-state index is 0.169. The first-order valence-electron chi connectivity index (χ1n) is 4.35. The Bertz CT molecular complexity index is 401. The highest BCUT2D eigenvalue weighted by atomic mass is 35.5. The number of carbonyl (C=O) groups excluding carboxylic acids is 1. The third-order valence-electron chi connectivity index (χ3n) is 1.99. The monoisotopic (exact) mass is 208 g/mol. The Kier molecular flexibility index (Phi) is 2.50. The van der Waals surface area contributed by atoms with E-state index in [0.717, 1.165) is 17.8 Å². The van der Waals surface area contributed by atoms with E-state index in [1.807, 2.05) is 0 Å². The topological polar surface area (TPSA) is 42.0 Å². The van der Waals surface area contributed by atoms with Crippen molar-refractivity contribution in [2.45, 2.75) is 12.8 Å². The van der Waals surface area contributed by atoms with Gasteiger partial charge in [0.15, 0.2) is 5.78 Å². The molecule has 14 heavy (non-hydrogen) atoms. The zero-order valence-corrected chi connectivity index (χ0v) is 8.21. The van der Waals surface area contributed by atoms with Crippen LogP contribution in [0.25, 0.3) is 0 Å². The number of nitrogens with one attached hydrogen (secondary N) is 1. The SMILES string of the molecule is O=C1C=C(Nc2cncc(Cl)c2)CC1. The zero-order chi connectivity index (χ0) is 9.97. The number of rotatable bonds is 2. The van der Waals surface area contributed by atoms with Crippen molar-refractivity contribution >= 4 is 23.1 Å². The maximum absolute atomic E-state index is 11.0. The number of nitrogens with zero attached hydrogens (tertiary/aromatic N) is 1. The highest BCUT2D eigenvalue weighted by molar-refractivity contribution is 6.30. The summed E-state index contributed by atoms with van der Waals surface area (Å²) in [6.45, 7) is 0. The molecule has 0 bridgehead atoms. The highest BCUT2D eigenvalue weighted by Crippen LogP contribution is 2.19. The van der Waals surface area contributed by atoms with Crippen molar-refractivity contribution in [1.82, 2.24) is 4.98 Å². The number of hydrogen-bond donors (Lipinski definition) is 1. The summed E-state index contributed by atoms with van der Waals surface area (Å²) >= 11 is 5.77. The molecule has 1 aromatic rings. The van der Waals surface area contributed by atoms with Crippen LogP contribution in [0.4, 0.5) is 5.69 Å². The number of halogens is 1. The molecule has 0 unspecified atom stereocenters. The van der Waals surface area contributed by atoms with Crippen molar-refractivity contribution < 1.29 is 4.79 Å². The van der Waals surface area contributed by atoms with Gasteiger partial charge in [-0.05, 0) is 12.5 Å². The Morgan fingerprint density at radius 1 is 1.36 bits per heavy atom. The summed E-state index contributed by atoms with van der Waals surface area (Å²) in [7, 11) is 0. The van der Waals surface area contributed by atoms with Gasteiger partial charge in [0.25, 0.3) is 0 Å². The van der Waals surface area contributed by atoms with E-state index in [1.165, 1.54) is 0 Å². The predicted octanol–water partition coefficient (Wildman–Crippen LogP) is 2.39. The molecular weight excluding hydrogens is 200 g/mol. The van der Waals surface area contributed by atoms with E-state index in [0.29, 0.717) is 11.4 Å². The second-order valence-corrected chi connectivity index (χ2v) is 3.59. The van der Waals surface area contributed by atoms with Crippen LogP contribution in [-0.2, 0) is 4.79 Å². The molecule has 0 saturated heterocycles. The van der Waals surface area contributed by atoms with Crippen LogP contribution in [0.2, 0.25) is 5.02 Å². The van der Waals surface area contributed by atoms with Gasteiger partial charge in [0, 0.05) is 24.4 Å². The van der Waals surface area contributed by atoms with Crippen LogP contribution in [0.3, 0.4) is 0 Å². The first-order chi connectivity index (χ1) is 6.74. The largest absolute Gasteiger partial charge is 0.357 e. The van der Waals surface area contributed by atoms with E-state index >= 15 is 0 Å². The molecule has 2 rings (SSSR count). The molecule has 0 spiro atoms. The van der Waals surface area contributed by atoms with E-state index in [4.69, 9.17) is 11.6 Å². The summed E-state index contributed by atoms with van der Waals surface area (Å²) in [5.74, 6) is 0.169. The lowest BCUT2D eigenvalue weighted by atomic mass is 10.3. The van der Waals surface area contributed by atoms with E-state index in [-0.39, 0.29) is 5.78 Å². The van der Waals surface area contributed by atoms with Gasteiger partial charge in [-0.3, -0.25) is 9.78 Å². The molecule has 0 aliphatic heterocycles. The second kappa shape index (κ2) is 3.80. The molecule has 0 amide bonds. The molecule has 1 aliphatic rings. The molecule has 0 aromatic carbocycles. The standard InChI is InChI=1S/C10H9ClN2O/c11-7-3-9(6-12-5-7)13-8-1-2-10(14)4-8/h3-6,13H,1-2H2. The van der Waals surface area contributed by atoms with Crippen molar-refractivity contribution in [2.75, 3.05) is 5.32 Å². The first-order valence-corrected chi connectivity index (χ1v) is 4.73. The maximum Gasteiger partial charge on any atom is 0.157 e. The fraction of sp³-hybridized carbons (Fsp3) is 0.200. The lowest BCUT2D eigenvalue weighted by Gasteiger charge is -2.05. The van der Waals surface area contributed by atoms with Crippen molar-refractivity contribution in [3.8, 4) is 0 Å². The maximum atomic E-state index is 11.0. The number of pyridine rings is 1. The van der Waals surface area contributed by atoms with Gasteiger partial charge < -0.3 is 5.32 Å². The van der Waals surface area contributed by atoms with Gasteiger partial charge in [-0.1, -0.05) is 11.6 Å². The number of carbonyl (C=O) groups is 1. The Morgan fingerprint density at radius 2 is 2.21 bits per heavy atom. The molecule has 4 heteroatoms. The average molecular weight is 209 g/mol. The molecule has 1 N–H and O–H groups in total. The summed E-state index contributed by atoms with van der Waals surface area (Å²) in [4.78, 5) is 14.9. The predicted molar refractivity (Wildman–Crippen MR) is 55.2 cm³/mol. The number of anilines is 1. The van der Waals surface area contributed by atoms with Crippen LogP contribution in [0.1, 0.15) is 12.8 Å². The molecule has 0 fully saturated rings. The van der Waals surface area contributed by atoms with Gasteiger partial charge in [0.05, 0.1) is 16.9 Å². The summed E-state index contributed by atoms with van der Waals surface area (Å²) < 4.78 is 0. The molecule has 1 aromatic heterocycles. The fourth-order valence-corrected chi connectivity index (χ4v) is 1.53. The smallest absolute Gasteiger partial charge is 0.157 e. The number of hydrogen-bond acceptors (Lipinski definition) is 3. The van der Waals surface area contributed by atoms with Crippen LogP contribution >= 0.6 is 11.6 Å². The molecule has 3 nitrogen and oxygen atoms in total. The summed E-state index contributed by atoms with van der Waals surface area (Å²) in [5.41, 5.74) is 1.75. The minimum absolute atomic E-state index is 0.169. The molecule has 72 valence electrons. The molecule has 0 atom stereocenters. The zero-order valence-electron chi connectivity index (χ0n) is 7.46. The van der Waals surface area contributed by atoms with Gasteiger partial charge in [0.2, 0.25) is 0 Å². The van der Waals surface area contributed by atoms with Crippen molar-refractivity contribution in [1.29, 1.82) is 0 Å². The van der Waals surface area contributed by atoms with Crippen LogP contribution in [0, 0.1) is 0 Å². The Balaban J connectivity index is 2.11. The normalized spacial score (nSPS) is 15.5. The minimum Gasteiger partial charge on any atom is -0.357 e. The van der Waals surface area contributed by atoms with Crippen LogP contribution in [0.5, 0.6) is 0 Å². The lowest BCUT2D eigenvalue weighted by Crippen LogP contribution is -1.96. The summed E-state index contributed by atoms with van der Waals surface area (Å²) in [5, 5.41) is 3.69. The van der Waals surface area contributed by atoms with E-state index in [1.54, 1.807) is 24.5 Å². The summed E-state index contributed by atoms with van der Waals surface area (Å²) in [6.07, 6.45) is 6.24. The lowest BCUT2D eigenvalue weighted by molar-refractivity contribution is -0.114. The Morgan fingerprint density at radius 3 is 2.86 bits per heavy atom. The van der Waals surface area contributed by atoms with E-state index in [2.05, 4.69) is 10.3 Å². The third kappa shape index (κ3) is 2.12. The first kappa shape index (κ1) is 9.21. The Labute approximate surface area is 86.8 Å². The molecule has 1 heterocycles. The molecule has 1 aliphatic carbocycles. The van der Waals surface area contributed by atoms with Crippen LogP contribution in [0.15, 0.2) is 30.2 Å². The van der Waals surface area contributed by atoms with Crippen LogP contribution < -0.4 is 5.32 Å². The second-order valence-electron chi connectivity index (χ2n) is 3.15. The van der Waals surface area contributed by atoms with Crippen molar-refractivity contribution in [2.24, 2.45) is 0 Å². The van der Waals surface area contributed by atoms with E-state index in [9.17, 15) is 4.79 Å². The number of allylic oxidation sites excluding steroid dienone is 2. The fourth-order valence-electron chi connectivity index (χ4n) is 1.36. The van der Waals surface area contributed by atoms with Crippen LogP contribution in [-0.4, -0.2) is 10.8 Å². The van der Waals surface area contributed by atoms with Gasteiger partial charge >= 0.3 is 0 Å². The van der Waals surface area contributed by atoms with Gasteiger partial charge in [-0.2, -0.15) is 0 Å². The third-order valence-corrected chi connectivity index (χ3v) is 2.19. The van der Waals surface area contributed by atoms with Crippen molar-refractivity contribution in [3.05, 3.63) is 35.3 Å². The molecular formula is C10H9ClN2O. The van der Waals surface area contributed by atoms with Gasteiger partial charge in [-0.15, -0.1) is 0 Å². The molecule has 0 radical (unpaired) electrons. The van der Waals surface area contributed by atoms with Gasteiger partial charge in [-0.25, -0.2) is 0 Å².